The lowest BCUT2D eigenvalue weighted by molar-refractivity contribution is -0.189. The van der Waals surface area contributed by atoms with Crippen molar-refractivity contribution in [2.24, 2.45) is 5.92 Å². The number of hydrogen-bond donors (Lipinski definition) is 1. The third-order valence-electron chi connectivity index (χ3n) is 3.70. The van der Waals surface area contributed by atoms with E-state index in [4.69, 9.17) is 0 Å². The molecule has 2 unspecified atom stereocenters. The summed E-state index contributed by atoms with van der Waals surface area (Å²) in [7, 11) is 0. The van der Waals surface area contributed by atoms with Crippen molar-refractivity contribution in [1.29, 1.82) is 0 Å². The highest BCUT2D eigenvalue weighted by Crippen LogP contribution is 2.37. The fourth-order valence-corrected chi connectivity index (χ4v) is 3.07. The van der Waals surface area contributed by atoms with E-state index in [9.17, 15) is 13.2 Å². The number of hydrogen-bond acceptors (Lipinski definition) is 1. The van der Waals surface area contributed by atoms with Crippen LogP contribution in [0, 0.1) is 5.92 Å². The minimum Gasteiger partial charge on any atom is -0.309 e. The maximum Gasteiger partial charge on any atom is 0.393 e. The Kier molecular flexibility index (Phi) is 4.90. The molecule has 1 saturated carbocycles. The van der Waals surface area contributed by atoms with Gasteiger partial charge in [0.25, 0.3) is 0 Å². The van der Waals surface area contributed by atoms with Crippen molar-refractivity contribution in [1.82, 2.24) is 5.32 Å². The predicted octanol–water partition coefficient (Wildman–Crippen LogP) is 4.66. The zero-order valence-corrected chi connectivity index (χ0v) is 12.1. The van der Waals surface area contributed by atoms with E-state index in [-0.39, 0.29) is 6.42 Å². The first-order valence-electron chi connectivity index (χ1n) is 6.52. The molecule has 0 spiro atoms. The second-order valence-corrected chi connectivity index (χ2v) is 5.87. The van der Waals surface area contributed by atoms with Crippen molar-refractivity contribution in [2.75, 3.05) is 0 Å². The number of halogens is 4. The average Bonchev–Trinajstić information content (AvgIpc) is 2.37. The Balaban J connectivity index is 1.99. The van der Waals surface area contributed by atoms with Crippen LogP contribution in [-0.2, 0) is 6.54 Å². The van der Waals surface area contributed by atoms with Crippen LogP contribution >= 0.6 is 15.9 Å². The lowest BCUT2D eigenvalue weighted by atomic mass is 9.84. The first-order chi connectivity index (χ1) is 8.98. The van der Waals surface area contributed by atoms with Crippen molar-refractivity contribution >= 4 is 15.9 Å². The summed E-state index contributed by atoms with van der Waals surface area (Å²) in [4.78, 5) is 0. The van der Waals surface area contributed by atoms with Gasteiger partial charge in [-0.15, -0.1) is 0 Å². The molecule has 5 heteroatoms. The third-order valence-corrected chi connectivity index (χ3v) is 4.47. The Bertz CT molecular complexity index is 419. The van der Waals surface area contributed by atoms with E-state index >= 15 is 0 Å². The molecular formula is C14H17BrF3N. The van der Waals surface area contributed by atoms with E-state index in [2.05, 4.69) is 21.2 Å². The quantitative estimate of drug-likeness (QED) is 0.847. The molecule has 0 bridgehead atoms. The monoisotopic (exact) mass is 335 g/mol. The highest BCUT2D eigenvalue weighted by molar-refractivity contribution is 9.10. The summed E-state index contributed by atoms with van der Waals surface area (Å²) in [6.07, 6.45) is -1.69. The number of rotatable bonds is 3. The molecule has 2 rings (SSSR count). The Morgan fingerprint density at radius 2 is 1.84 bits per heavy atom. The fourth-order valence-electron chi connectivity index (χ4n) is 2.65. The lowest BCUT2D eigenvalue weighted by Gasteiger charge is -2.33. The molecule has 2 atom stereocenters. The summed E-state index contributed by atoms with van der Waals surface area (Å²) in [5, 5.41) is 3.09. The zero-order chi connectivity index (χ0) is 13.9. The van der Waals surface area contributed by atoms with Gasteiger partial charge in [0, 0.05) is 17.1 Å². The highest BCUT2D eigenvalue weighted by atomic mass is 79.9. The van der Waals surface area contributed by atoms with Crippen LogP contribution in [0.25, 0.3) is 0 Å². The van der Waals surface area contributed by atoms with Crippen molar-refractivity contribution in [2.45, 2.75) is 44.4 Å². The Hall–Kier alpha value is -0.550. The molecule has 0 aliphatic heterocycles. The van der Waals surface area contributed by atoms with E-state index in [1.807, 2.05) is 24.3 Å². The molecule has 0 aromatic heterocycles. The molecule has 1 aliphatic carbocycles. The van der Waals surface area contributed by atoms with Crippen molar-refractivity contribution in [3.8, 4) is 0 Å². The van der Waals surface area contributed by atoms with Crippen LogP contribution in [0.3, 0.4) is 0 Å². The predicted molar refractivity (Wildman–Crippen MR) is 72.8 cm³/mol. The summed E-state index contributed by atoms with van der Waals surface area (Å²) in [6.45, 7) is 0.471. The average molecular weight is 336 g/mol. The van der Waals surface area contributed by atoms with Crippen molar-refractivity contribution in [3.05, 3.63) is 34.3 Å². The first kappa shape index (κ1) is 14.9. The summed E-state index contributed by atoms with van der Waals surface area (Å²) >= 11 is 3.41. The van der Waals surface area contributed by atoms with Gasteiger partial charge < -0.3 is 5.32 Å². The van der Waals surface area contributed by atoms with E-state index < -0.39 is 18.1 Å². The number of alkyl halides is 3. The summed E-state index contributed by atoms with van der Waals surface area (Å²) in [6, 6.07) is 7.15. The minimum absolute atomic E-state index is 0.247. The van der Waals surface area contributed by atoms with Crippen LogP contribution in [-0.4, -0.2) is 12.2 Å². The van der Waals surface area contributed by atoms with E-state index in [0.717, 1.165) is 16.5 Å². The van der Waals surface area contributed by atoms with E-state index in [1.54, 1.807) is 0 Å². The second-order valence-electron chi connectivity index (χ2n) is 5.01. The largest absolute Gasteiger partial charge is 0.393 e. The maximum absolute atomic E-state index is 12.9. The van der Waals surface area contributed by atoms with Crippen LogP contribution < -0.4 is 5.32 Å². The molecule has 106 valence electrons. The second kappa shape index (κ2) is 6.27. The van der Waals surface area contributed by atoms with Gasteiger partial charge in [0.2, 0.25) is 0 Å². The lowest BCUT2D eigenvalue weighted by Crippen LogP contribution is -2.45. The van der Waals surface area contributed by atoms with Gasteiger partial charge in [0.05, 0.1) is 5.92 Å². The van der Waals surface area contributed by atoms with Crippen LogP contribution in [0.2, 0.25) is 0 Å². The van der Waals surface area contributed by atoms with Gasteiger partial charge in [-0.1, -0.05) is 47.0 Å². The molecule has 0 radical (unpaired) electrons. The van der Waals surface area contributed by atoms with Crippen molar-refractivity contribution in [3.63, 3.8) is 0 Å². The number of nitrogens with one attached hydrogen (secondary N) is 1. The normalized spacial score (nSPS) is 24.4. The van der Waals surface area contributed by atoms with Crippen molar-refractivity contribution < 1.29 is 13.2 Å². The van der Waals surface area contributed by atoms with Crippen LogP contribution in [0.1, 0.15) is 31.2 Å². The Labute approximate surface area is 119 Å². The minimum atomic E-state index is -4.09. The van der Waals surface area contributed by atoms with Crippen LogP contribution in [0.5, 0.6) is 0 Å². The Morgan fingerprint density at radius 3 is 2.53 bits per heavy atom. The first-order valence-corrected chi connectivity index (χ1v) is 7.31. The van der Waals surface area contributed by atoms with Gasteiger partial charge in [-0.25, -0.2) is 0 Å². The van der Waals surface area contributed by atoms with Gasteiger partial charge >= 0.3 is 6.18 Å². The van der Waals surface area contributed by atoms with Gasteiger partial charge in [0.1, 0.15) is 0 Å². The third kappa shape index (κ3) is 3.96. The molecule has 1 fully saturated rings. The van der Waals surface area contributed by atoms with Gasteiger partial charge in [-0.2, -0.15) is 13.2 Å². The topological polar surface area (TPSA) is 12.0 Å². The standard InChI is InChI=1S/C14H17BrF3N/c15-12-7-3-1-5-10(12)9-19-13-8-4-2-6-11(13)14(16,17)18/h1,3,5,7,11,13,19H,2,4,6,8-9H2. The molecule has 19 heavy (non-hydrogen) atoms. The van der Waals surface area contributed by atoms with Gasteiger partial charge in [-0.3, -0.25) is 0 Å². The molecule has 0 amide bonds. The fraction of sp³-hybridized carbons (Fsp3) is 0.571. The van der Waals surface area contributed by atoms with Gasteiger partial charge in [-0.05, 0) is 24.5 Å². The van der Waals surface area contributed by atoms with Gasteiger partial charge in [0.15, 0.2) is 0 Å². The zero-order valence-electron chi connectivity index (χ0n) is 10.5. The SMILES string of the molecule is FC(F)(F)C1CCCCC1NCc1ccccc1Br. The Morgan fingerprint density at radius 1 is 1.16 bits per heavy atom. The summed E-state index contributed by atoms with van der Waals surface area (Å²) < 4.78 is 39.8. The maximum atomic E-state index is 12.9. The summed E-state index contributed by atoms with van der Waals surface area (Å²) in [5.41, 5.74) is 0.994. The molecule has 1 N–H and O–H groups in total. The van der Waals surface area contributed by atoms with E-state index in [0.29, 0.717) is 19.4 Å². The highest BCUT2D eigenvalue weighted by Gasteiger charge is 2.45. The molecule has 0 saturated heterocycles. The molecule has 1 aromatic carbocycles. The van der Waals surface area contributed by atoms with Crippen LogP contribution in [0.15, 0.2) is 28.7 Å². The molecular weight excluding hydrogens is 319 g/mol. The molecule has 1 nitrogen and oxygen atoms in total. The molecule has 1 aliphatic rings. The van der Waals surface area contributed by atoms with Crippen LogP contribution in [0.4, 0.5) is 13.2 Å². The van der Waals surface area contributed by atoms with E-state index in [1.165, 1.54) is 0 Å². The smallest absolute Gasteiger partial charge is 0.309 e. The molecule has 0 heterocycles. The number of benzene rings is 1. The molecule has 1 aromatic rings. The summed E-state index contributed by atoms with van der Waals surface area (Å²) in [5.74, 6) is -1.20.